The van der Waals surface area contributed by atoms with E-state index in [2.05, 4.69) is 130 Å². The summed E-state index contributed by atoms with van der Waals surface area (Å²) in [6.45, 7) is 23.1. The van der Waals surface area contributed by atoms with Crippen molar-refractivity contribution in [3.63, 3.8) is 0 Å². The zero-order valence-electron chi connectivity index (χ0n) is 27.5. The number of pyridine rings is 2. The zero-order chi connectivity index (χ0) is 30.4. The predicted octanol–water partition coefficient (Wildman–Crippen LogP) is 10.2. The van der Waals surface area contributed by atoms with E-state index >= 15 is 0 Å². The van der Waals surface area contributed by atoms with Crippen LogP contribution < -0.4 is 9.30 Å². The summed E-state index contributed by atoms with van der Waals surface area (Å²) >= 11 is 0. The number of nitrogens with zero attached hydrogens (tertiary/aromatic N) is 2. The van der Waals surface area contributed by atoms with Crippen LogP contribution in [0.1, 0.15) is 84.6 Å². The fourth-order valence-electron chi connectivity index (χ4n) is 6.99. The Morgan fingerprint density at radius 2 is 1.43 bits per heavy atom. The van der Waals surface area contributed by atoms with E-state index in [4.69, 9.17) is 9.72 Å². The van der Waals surface area contributed by atoms with Crippen LogP contribution in [0.4, 0.5) is 0 Å². The summed E-state index contributed by atoms with van der Waals surface area (Å²) in [5.41, 5.74) is 9.21. The van der Waals surface area contributed by atoms with Gasteiger partial charge in [-0.15, -0.1) is 0 Å². The summed E-state index contributed by atoms with van der Waals surface area (Å²) in [5.74, 6) is 1.70. The van der Waals surface area contributed by atoms with Gasteiger partial charge >= 0.3 is 0 Å². The fourth-order valence-corrected chi connectivity index (χ4v) is 6.99. The minimum Gasteiger partial charge on any atom is -0.437 e. The lowest BCUT2D eigenvalue weighted by atomic mass is 9.80. The first-order valence-corrected chi connectivity index (χ1v) is 15.5. The van der Waals surface area contributed by atoms with Crippen LogP contribution in [0.25, 0.3) is 43.7 Å². The molecule has 3 heterocycles. The van der Waals surface area contributed by atoms with Gasteiger partial charge in [0.1, 0.15) is 18.2 Å². The lowest BCUT2D eigenvalue weighted by Gasteiger charge is -2.28. The summed E-state index contributed by atoms with van der Waals surface area (Å²) < 4.78 is 9.29. The SMILES string of the molecule is Cc1c2c(c(CC(C)(C)C)c3ccc(CC(C)(C)C)cc13)Oc1nc3cccc(CC(C)(C)C)c3c3cc[n+](C)c-2c13. The van der Waals surface area contributed by atoms with E-state index < -0.39 is 0 Å². The molecule has 0 fully saturated rings. The van der Waals surface area contributed by atoms with Crippen molar-refractivity contribution in [2.45, 2.75) is 88.5 Å². The van der Waals surface area contributed by atoms with E-state index in [1.165, 1.54) is 55.1 Å². The van der Waals surface area contributed by atoms with Gasteiger partial charge in [-0.2, -0.15) is 0 Å². The van der Waals surface area contributed by atoms with Gasteiger partial charge in [0.15, 0.2) is 6.20 Å². The van der Waals surface area contributed by atoms with Crippen LogP contribution in [0.15, 0.2) is 48.7 Å². The number of rotatable bonds is 3. The first-order chi connectivity index (χ1) is 19.5. The molecule has 2 aromatic heterocycles. The van der Waals surface area contributed by atoms with Crippen LogP contribution in [0.2, 0.25) is 0 Å². The average Bonchev–Trinajstić information content (AvgIpc) is 2.85. The van der Waals surface area contributed by atoms with Crippen molar-refractivity contribution in [3.05, 3.63) is 70.9 Å². The molecule has 0 atom stereocenters. The van der Waals surface area contributed by atoms with Gasteiger partial charge in [-0.05, 0) is 76.0 Å². The Bertz CT molecular complexity index is 1890. The highest BCUT2D eigenvalue weighted by Crippen LogP contribution is 2.52. The Kier molecular flexibility index (Phi) is 6.50. The summed E-state index contributed by atoms with van der Waals surface area (Å²) in [6, 6.07) is 15.9. The van der Waals surface area contributed by atoms with Crippen molar-refractivity contribution in [1.82, 2.24) is 4.98 Å². The van der Waals surface area contributed by atoms with Crippen molar-refractivity contribution in [3.8, 4) is 22.9 Å². The van der Waals surface area contributed by atoms with E-state index in [1.807, 2.05) is 0 Å². The minimum absolute atomic E-state index is 0.0938. The van der Waals surface area contributed by atoms with E-state index in [9.17, 15) is 0 Å². The topological polar surface area (TPSA) is 26.0 Å². The normalized spacial score (nSPS) is 13.6. The number of ether oxygens (including phenoxy) is 1. The van der Waals surface area contributed by atoms with Crippen LogP contribution in [0, 0.1) is 23.2 Å². The third kappa shape index (κ3) is 5.06. The highest BCUT2D eigenvalue weighted by molar-refractivity contribution is 6.15. The van der Waals surface area contributed by atoms with Gasteiger partial charge in [-0.25, -0.2) is 9.55 Å². The Morgan fingerprint density at radius 3 is 2.10 bits per heavy atom. The second-order valence-corrected chi connectivity index (χ2v) is 16.3. The predicted molar refractivity (Wildman–Crippen MR) is 178 cm³/mol. The molecule has 1 aliphatic heterocycles. The number of hydrogen-bond donors (Lipinski definition) is 0. The Morgan fingerprint density at radius 1 is 0.738 bits per heavy atom. The molecule has 3 heteroatoms. The Balaban J connectivity index is 1.73. The van der Waals surface area contributed by atoms with Gasteiger partial charge in [0.2, 0.25) is 11.6 Å². The lowest BCUT2D eigenvalue weighted by molar-refractivity contribution is -0.659. The van der Waals surface area contributed by atoms with Crippen molar-refractivity contribution < 1.29 is 9.30 Å². The summed E-state index contributed by atoms with van der Waals surface area (Å²) in [6.07, 6.45) is 5.18. The first kappa shape index (κ1) is 28.6. The van der Waals surface area contributed by atoms with Gasteiger partial charge < -0.3 is 4.74 Å². The molecule has 1 aliphatic rings. The van der Waals surface area contributed by atoms with Crippen molar-refractivity contribution >= 4 is 32.4 Å². The van der Waals surface area contributed by atoms with Crippen LogP contribution in [0.5, 0.6) is 11.6 Å². The van der Waals surface area contributed by atoms with Gasteiger partial charge in [0, 0.05) is 22.4 Å². The molecule has 218 valence electrons. The number of fused-ring (bicyclic) bond motifs is 5. The smallest absolute Gasteiger partial charge is 0.234 e. The minimum atomic E-state index is 0.0938. The highest BCUT2D eigenvalue weighted by atomic mass is 16.5. The average molecular weight is 560 g/mol. The van der Waals surface area contributed by atoms with E-state index in [0.717, 1.165) is 41.8 Å². The quantitative estimate of drug-likeness (QED) is 0.159. The molecular formula is C39H47N2O+. The maximum absolute atomic E-state index is 7.01. The Hall–Kier alpha value is -3.46. The van der Waals surface area contributed by atoms with Gasteiger partial charge in [-0.3, -0.25) is 0 Å². The largest absolute Gasteiger partial charge is 0.437 e. The van der Waals surface area contributed by atoms with Crippen LogP contribution in [-0.4, -0.2) is 4.98 Å². The zero-order valence-corrected chi connectivity index (χ0v) is 27.5. The molecule has 6 rings (SSSR count). The molecule has 0 spiro atoms. The summed E-state index contributed by atoms with van der Waals surface area (Å²) in [5, 5.41) is 6.23. The van der Waals surface area contributed by atoms with E-state index in [0.29, 0.717) is 0 Å². The molecule has 0 N–H and O–H groups in total. The standard InChI is InChI=1S/C39H47N2O/c1-23-28-19-24(20-37(2,3)4)15-16-26(28)29(22-39(8,9)10)35-31(23)34-33-27(17-18-41(34)11)32-25(21-38(5,6)7)13-12-14-30(32)40-36(33)42-35/h12-19H,20-22H2,1-11H3/q+1. The molecule has 0 aliphatic carbocycles. The summed E-state index contributed by atoms with van der Waals surface area (Å²) in [4.78, 5) is 5.23. The van der Waals surface area contributed by atoms with Crippen molar-refractivity contribution in [2.24, 2.45) is 23.3 Å². The van der Waals surface area contributed by atoms with Crippen molar-refractivity contribution in [1.29, 1.82) is 0 Å². The first-order valence-electron chi connectivity index (χ1n) is 15.5. The van der Waals surface area contributed by atoms with Gasteiger partial charge in [0.25, 0.3) is 0 Å². The highest BCUT2D eigenvalue weighted by Gasteiger charge is 2.35. The molecular weight excluding hydrogens is 512 g/mol. The van der Waals surface area contributed by atoms with E-state index in [1.54, 1.807) is 0 Å². The maximum Gasteiger partial charge on any atom is 0.234 e. The molecule has 5 aromatic rings. The number of aromatic nitrogens is 2. The molecule has 0 saturated carbocycles. The number of hydrogen-bond acceptors (Lipinski definition) is 2. The monoisotopic (exact) mass is 559 g/mol. The number of benzene rings is 3. The molecule has 0 amide bonds. The second kappa shape index (κ2) is 9.53. The van der Waals surface area contributed by atoms with E-state index in [-0.39, 0.29) is 16.2 Å². The van der Waals surface area contributed by atoms with Gasteiger partial charge in [0.05, 0.1) is 11.1 Å². The maximum atomic E-state index is 7.01. The number of aryl methyl sites for hydroxylation is 2. The molecule has 0 unspecified atom stereocenters. The molecule has 0 bridgehead atoms. The fraction of sp³-hybridized carbons (Fsp3) is 0.436. The second-order valence-electron chi connectivity index (χ2n) is 16.3. The summed E-state index contributed by atoms with van der Waals surface area (Å²) in [7, 11) is 2.17. The molecule has 3 nitrogen and oxygen atoms in total. The molecule has 0 radical (unpaired) electrons. The molecule has 0 saturated heterocycles. The Labute approximate surface area is 251 Å². The van der Waals surface area contributed by atoms with Crippen LogP contribution >= 0.6 is 0 Å². The van der Waals surface area contributed by atoms with Crippen LogP contribution in [0.3, 0.4) is 0 Å². The van der Waals surface area contributed by atoms with Crippen molar-refractivity contribution in [2.75, 3.05) is 0 Å². The lowest BCUT2D eigenvalue weighted by Crippen LogP contribution is -2.32. The molecule has 3 aromatic carbocycles. The third-order valence-corrected chi connectivity index (χ3v) is 8.44. The van der Waals surface area contributed by atoms with Crippen LogP contribution in [-0.2, 0) is 26.3 Å². The third-order valence-electron chi connectivity index (χ3n) is 8.44. The molecule has 42 heavy (non-hydrogen) atoms. The van der Waals surface area contributed by atoms with Gasteiger partial charge in [-0.1, -0.05) is 92.6 Å².